The maximum absolute atomic E-state index is 10.4. The molecule has 0 radical (unpaired) electrons. The number of benzene rings is 6. The van der Waals surface area contributed by atoms with Crippen LogP contribution < -0.4 is 0 Å². The van der Waals surface area contributed by atoms with Gasteiger partial charge in [0, 0.05) is 22.0 Å². The lowest BCUT2D eigenvalue weighted by Crippen LogP contribution is -2.22. The van der Waals surface area contributed by atoms with Gasteiger partial charge in [-0.05, 0) is 91.7 Å². The molecule has 0 atom stereocenters. The molecular formula is C50H56O4. The van der Waals surface area contributed by atoms with Crippen molar-refractivity contribution in [2.45, 2.75) is 90.9 Å². The zero-order valence-electron chi connectivity index (χ0n) is 33.5. The first kappa shape index (κ1) is 39.7. The fourth-order valence-corrected chi connectivity index (χ4v) is 6.93. The summed E-state index contributed by atoms with van der Waals surface area (Å²) in [5.74, 6) is 1.22. The average Bonchev–Trinajstić information content (AvgIpc) is 3.12. The van der Waals surface area contributed by atoms with Gasteiger partial charge in [-0.25, -0.2) is 0 Å². The highest BCUT2D eigenvalue weighted by Gasteiger charge is 2.29. The van der Waals surface area contributed by atoms with E-state index in [0.29, 0.717) is 11.5 Å². The number of hydrogen-bond donors (Lipinski definition) is 4. The maximum atomic E-state index is 10.4. The van der Waals surface area contributed by atoms with Gasteiger partial charge in [-0.2, -0.15) is 0 Å². The van der Waals surface area contributed by atoms with E-state index in [0.717, 1.165) is 55.6 Å². The molecule has 0 fully saturated rings. The third-order valence-electron chi connectivity index (χ3n) is 10.7. The molecule has 0 amide bonds. The van der Waals surface area contributed by atoms with Crippen molar-refractivity contribution in [1.82, 2.24) is 0 Å². The molecule has 4 N–H and O–H groups in total. The Morgan fingerprint density at radius 3 is 0.889 bits per heavy atom. The van der Waals surface area contributed by atoms with E-state index in [4.69, 9.17) is 0 Å². The van der Waals surface area contributed by atoms with Crippen molar-refractivity contribution in [3.8, 4) is 45.3 Å². The van der Waals surface area contributed by atoms with E-state index in [1.165, 1.54) is 0 Å². The molecule has 0 aromatic heterocycles. The normalized spacial score (nSPS) is 12.2. The smallest absolute Gasteiger partial charge is 0.123 e. The van der Waals surface area contributed by atoms with Gasteiger partial charge in [0.1, 0.15) is 23.0 Å². The summed E-state index contributed by atoms with van der Waals surface area (Å²) in [6.07, 6.45) is 0. The van der Waals surface area contributed by atoms with Crippen molar-refractivity contribution in [3.05, 3.63) is 167 Å². The highest BCUT2D eigenvalue weighted by atomic mass is 16.3. The van der Waals surface area contributed by atoms with Crippen molar-refractivity contribution >= 4 is 0 Å². The molecule has 6 rings (SSSR count). The molecule has 0 aliphatic heterocycles. The van der Waals surface area contributed by atoms with Gasteiger partial charge in [0.2, 0.25) is 0 Å². The molecule has 0 spiro atoms. The summed E-state index contributed by atoms with van der Waals surface area (Å²) in [6.45, 7) is 21.3. The van der Waals surface area contributed by atoms with Gasteiger partial charge in [0.25, 0.3) is 0 Å². The Morgan fingerprint density at radius 1 is 0.315 bits per heavy atom. The number of aromatic hydroxyl groups is 4. The Labute approximate surface area is 322 Å². The molecule has 6 aromatic rings. The first-order chi connectivity index (χ1) is 25.2. The van der Waals surface area contributed by atoms with Gasteiger partial charge in [0.15, 0.2) is 0 Å². The Bertz CT molecular complexity index is 2060. The van der Waals surface area contributed by atoms with Crippen LogP contribution >= 0.6 is 0 Å². The van der Waals surface area contributed by atoms with E-state index in [1.807, 2.05) is 84.9 Å². The fourth-order valence-electron chi connectivity index (χ4n) is 6.93. The van der Waals surface area contributed by atoms with E-state index in [-0.39, 0.29) is 33.2 Å². The van der Waals surface area contributed by atoms with E-state index in [9.17, 15) is 20.4 Å². The zero-order valence-corrected chi connectivity index (χ0v) is 33.5. The standard InChI is InChI=1S/C27H24O2.C23H32O2/c1-27(2,21-13-15-25(28)23(17-21)19-9-5-3-6-10-19)22-14-16-26(29)24(18-22)20-11-7-4-8-12-20;1-21(2,3)17-13-15(9-11-19(17)24)23(7,8)16-10-12-20(25)18(14-16)22(4,5)6/h3-18,28-29H,1-2H3;9-14,24-25H,1-8H3. The van der Waals surface area contributed by atoms with Crippen LogP contribution in [0.4, 0.5) is 0 Å². The summed E-state index contributed by atoms with van der Waals surface area (Å²) >= 11 is 0. The Balaban J connectivity index is 0.000000210. The average molecular weight is 721 g/mol. The lowest BCUT2D eigenvalue weighted by molar-refractivity contribution is 0.444. The second-order valence-corrected chi connectivity index (χ2v) is 17.4. The summed E-state index contributed by atoms with van der Waals surface area (Å²) in [6, 6.07) is 43.2. The summed E-state index contributed by atoms with van der Waals surface area (Å²) < 4.78 is 0. The van der Waals surface area contributed by atoms with Crippen molar-refractivity contribution in [3.63, 3.8) is 0 Å². The van der Waals surface area contributed by atoms with Crippen LogP contribution in [-0.2, 0) is 21.7 Å². The lowest BCUT2D eigenvalue weighted by Gasteiger charge is -2.31. The van der Waals surface area contributed by atoms with Crippen LogP contribution in [0.5, 0.6) is 23.0 Å². The highest BCUT2D eigenvalue weighted by molar-refractivity contribution is 5.73. The van der Waals surface area contributed by atoms with Crippen LogP contribution in [0.15, 0.2) is 133 Å². The third kappa shape index (κ3) is 8.50. The second-order valence-electron chi connectivity index (χ2n) is 17.4. The summed E-state index contributed by atoms with van der Waals surface area (Å²) in [7, 11) is 0. The van der Waals surface area contributed by atoms with Gasteiger partial charge < -0.3 is 20.4 Å². The topological polar surface area (TPSA) is 80.9 Å². The number of rotatable bonds is 6. The van der Waals surface area contributed by atoms with Crippen LogP contribution in [0, 0.1) is 0 Å². The molecular weight excluding hydrogens is 665 g/mol. The second kappa shape index (κ2) is 15.1. The van der Waals surface area contributed by atoms with Crippen molar-refractivity contribution in [2.24, 2.45) is 0 Å². The van der Waals surface area contributed by atoms with Gasteiger partial charge in [-0.15, -0.1) is 0 Å². The van der Waals surface area contributed by atoms with Crippen LogP contribution in [0.25, 0.3) is 22.3 Å². The Kier molecular flexibility index (Phi) is 11.1. The molecule has 4 nitrogen and oxygen atoms in total. The van der Waals surface area contributed by atoms with Crippen molar-refractivity contribution in [1.29, 1.82) is 0 Å². The Hall–Kier alpha value is -5.48. The molecule has 4 heteroatoms. The van der Waals surface area contributed by atoms with Crippen LogP contribution in [0.3, 0.4) is 0 Å². The molecule has 6 aromatic carbocycles. The van der Waals surface area contributed by atoms with Gasteiger partial charge in [-0.1, -0.05) is 166 Å². The van der Waals surface area contributed by atoms with Crippen LogP contribution in [-0.4, -0.2) is 20.4 Å². The minimum Gasteiger partial charge on any atom is -0.508 e. The minimum atomic E-state index is -0.311. The fraction of sp³-hybridized carbons (Fsp3) is 0.280. The SMILES string of the molecule is CC(C)(C)c1cc(C(C)(C)c2ccc(O)c(C(C)(C)C)c2)ccc1O.CC(C)(c1ccc(O)c(-c2ccccc2)c1)c1ccc(O)c(-c2ccccc2)c1. The lowest BCUT2D eigenvalue weighted by atomic mass is 9.73. The van der Waals surface area contributed by atoms with Gasteiger partial charge in [0.05, 0.1) is 0 Å². The molecule has 0 heterocycles. The molecule has 0 unspecified atom stereocenters. The number of hydrogen-bond acceptors (Lipinski definition) is 4. The molecule has 280 valence electrons. The maximum Gasteiger partial charge on any atom is 0.123 e. The first-order valence-electron chi connectivity index (χ1n) is 18.7. The number of phenols is 4. The molecule has 0 bridgehead atoms. The minimum absolute atomic E-state index is 0.123. The Morgan fingerprint density at radius 2 is 0.593 bits per heavy atom. The van der Waals surface area contributed by atoms with Crippen molar-refractivity contribution in [2.75, 3.05) is 0 Å². The quantitative estimate of drug-likeness (QED) is 0.138. The summed E-state index contributed by atoms with van der Waals surface area (Å²) in [4.78, 5) is 0. The van der Waals surface area contributed by atoms with Crippen LogP contribution in [0.1, 0.15) is 103 Å². The molecule has 0 aliphatic rings. The molecule has 0 saturated carbocycles. The zero-order chi connectivity index (χ0) is 39.6. The summed E-state index contributed by atoms with van der Waals surface area (Å²) in [5.41, 5.74) is 9.22. The highest BCUT2D eigenvalue weighted by Crippen LogP contribution is 2.42. The van der Waals surface area contributed by atoms with E-state index in [1.54, 1.807) is 24.3 Å². The number of phenolic OH excluding ortho intramolecular Hbond substituents is 4. The monoisotopic (exact) mass is 720 g/mol. The molecule has 0 aliphatic carbocycles. The van der Waals surface area contributed by atoms with Gasteiger partial charge >= 0.3 is 0 Å². The predicted molar refractivity (Wildman–Crippen MR) is 225 cm³/mol. The first-order valence-corrected chi connectivity index (χ1v) is 18.7. The molecule has 0 saturated heterocycles. The van der Waals surface area contributed by atoms with E-state index in [2.05, 4.69) is 93.5 Å². The molecule has 54 heavy (non-hydrogen) atoms. The largest absolute Gasteiger partial charge is 0.508 e. The third-order valence-corrected chi connectivity index (χ3v) is 10.7. The summed E-state index contributed by atoms with van der Waals surface area (Å²) in [5, 5.41) is 41.4. The predicted octanol–water partition coefficient (Wildman–Crippen LogP) is 12.8. The van der Waals surface area contributed by atoms with E-state index >= 15 is 0 Å². The van der Waals surface area contributed by atoms with Gasteiger partial charge in [-0.3, -0.25) is 0 Å². The van der Waals surface area contributed by atoms with E-state index < -0.39 is 0 Å². The van der Waals surface area contributed by atoms with Crippen molar-refractivity contribution < 1.29 is 20.4 Å². The van der Waals surface area contributed by atoms with Crippen LogP contribution in [0.2, 0.25) is 0 Å².